The van der Waals surface area contributed by atoms with Crippen LogP contribution in [0.2, 0.25) is 15.1 Å². The van der Waals surface area contributed by atoms with Gasteiger partial charge in [-0.15, -0.1) is 0 Å². The second-order valence-electron chi connectivity index (χ2n) is 6.84. The van der Waals surface area contributed by atoms with Crippen LogP contribution in [0.15, 0.2) is 47.5 Å². The van der Waals surface area contributed by atoms with Crippen LogP contribution in [-0.2, 0) is 6.42 Å². The molecule has 0 saturated heterocycles. The summed E-state index contributed by atoms with van der Waals surface area (Å²) in [6.45, 7) is 2.60. The maximum Gasteiger partial charge on any atom is 0.101 e. The van der Waals surface area contributed by atoms with Crippen LogP contribution in [0.4, 0.5) is 11.4 Å². The summed E-state index contributed by atoms with van der Waals surface area (Å²) in [4.78, 5) is 7.82. The second-order valence-corrected chi connectivity index (χ2v) is 8.06. The van der Waals surface area contributed by atoms with Gasteiger partial charge in [0.1, 0.15) is 6.07 Å². The van der Waals surface area contributed by atoms with Gasteiger partial charge in [0.15, 0.2) is 0 Å². The lowest BCUT2D eigenvalue weighted by molar-refractivity contribution is 0.979. The van der Waals surface area contributed by atoms with E-state index in [1.54, 1.807) is 18.3 Å². The molecule has 2 N–H and O–H groups in total. The molecule has 0 unspecified atom stereocenters. The van der Waals surface area contributed by atoms with Gasteiger partial charge in [-0.1, -0.05) is 34.8 Å². The van der Waals surface area contributed by atoms with E-state index in [1.165, 1.54) is 0 Å². The molecule has 7 heteroatoms. The highest BCUT2D eigenvalue weighted by Crippen LogP contribution is 2.36. The summed E-state index contributed by atoms with van der Waals surface area (Å²) in [5.41, 5.74) is 5.20. The quantitative estimate of drug-likeness (QED) is 0.305. The number of nitriles is 1. The van der Waals surface area contributed by atoms with E-state index in [0.717, 1.165) is 45.2 Å². The predicted octanol–water partition coefficient (Wildman–Crippen LogP) is 7.53. The topological polar surface area (TPSA) is 64.0 Å². The Labute approximate surface area is 189 Å². The first kappa shape index (κ1) is 20.6. The highest BCUT2D eigenvalue weighted by Gasteiger charge is 2.13. The molecule has 0 saturated carbocycles. The number of aliphatic imine (C=N–C) groups is 1. The van der Waals surface area contributed by atoms with Crippen LogP contribution in [0.25, 0.3) is 21.8 Å². The molecule has 1 aromatic heterocycles. The van der Waals surface area contributed by atoms with Crippen molar-refractivity contribution < 1.29 is 0 Å². The molecule has 4 aromatic rings. The van der Waals surface area contributed by atoms with Crippen molar-refractivity contribution >= 4 is 74.2 Å². The van der Waals surface area contributed by atoms with Gasteiger partial charge in [-0.2, -0.15) is 5.26 Å². The number of nitrogens with zero attached hydrogens (tertiary/aromatic N) is 2. The lowest BCUT2D eigenvalue weighted by Crippen LogP contribution is -1.96. The van der Waals surface area contributed by atoms with E-state index in [9.17, 15) is 5.26 Å². The fraction of sp³-hybridized carbons (Fsp3) is 0.130. The van der Waals surface area contributed by atoms with Crippen molar-refractivity contribution in [3.8, 4) is 6.07 Å². The minimum Gasteiger partial charge on any atom is -0.355 e. The largest absolute Gasteiger partial charge is 0.355 e. The molecule has 150 valence electrons. The summed E-state index contributed by atoms with van der Waals surface area (Å²) in [5.74, 6) is 0. The Morgan fingerprint density at radius 2 is 1.80 bits per heavy atom. The third-order valence-electron chi connectivity index (χ3n) is 4.90. The molecule has 3 aromatic carbocycles. The fourth-order valence-corrected chi connectivity index (χ4v) is 4.00. The molecule has 0 spiro atoms. The van der Waals surface area contributed by atoms with Gasteiger partial charge in [0.25, 0.3) is 0 Å². The number of rotatable bonds is 5. The average Bonchev–Trinajstić information content (AvgIpc) is 3.07. The van der Waals surface area contributed by atoms with Crippen molar-refractivity contribution in [1.29, 1.82) is 5.26 Å². The minimum absolute atomic E-state index is 0.425. The Hall–Kier alpha value is -2.71. The van der Waals surface area contributed by atoms with E-state index < -0.39 is 0 Å². The van der Waals surface area contributed by atoms with E-state index in [4.69, 9.17) is 34.8 Å². The zero-order chi connectivity index (χ0) is 21.3. The van der Waals surface area contributed by atoms with Gasteiger partial charge >= 0.3 is 0 Å². The third-order valence-corrected chi connectivity index (χ3v) is 5.95. The molecule has 0 bridgehead atoms. The number of hydrogen-bond donors (Lipinski definition) is 2. The summed E-state index contributed by atoms with van der Waals surface area (Å²) >= 11 is 18.6. The maximum absolute atomic E-state index is 9.25. The molecule has 4 nitrogen and oxygen atoms in total. The number of H-pyrrole nitrogens is 1. The highest BCUT2D eigenvalue weighted by molar-refractivity contribution is 6.43. The zero-order valence-corrected chi connectivity index (χ0v) is 18.3. The van der Waals surface area contributed by atoms with Crippen LogP contribution in [0.1, 0.15) is 18.1 Å². The summed E-state index contributed by atoms with van der Waals surface area (Å²) in [6, 6.07) is 15.3. The second kappa shape index (κ2) is 8.57. The van der Waals surface area contributed by atoms with Crippen molar-refractivity contribution in [2.75, 3.05) is 11.9 Å². The van der Waals surface area contributed by atoms with Crippen LogP contribution in [0, 0.1) is 11.3 Å². The highest BCUT2D eigenvalue weighted by atomic mass is 35.5. The van der Waals surface area contributed by atoms with Crippen molar-refractivity contribution in [2.24, 2.45) is 4.99 Å². The SMILES string of the molecule is C/C=N/CCc1cc(Nc2ccc(Cl)c(C#N)c2)cc2c1[nH]c1cc(Cl)c(Cl)cc12. The van der Waals surface area contributed by atoms with E-state index in [1.807, 2.05) is 25.1 Å². The van der Waals surface area contributed by atoms with Gasteiger partial charge in [0.05, 0.1) is 20.6 Å². The molecule has 0 amide bonds. The molecule has 0 aliphatic carbocycles. The predicted molar refractivity (Wildman–Crippen MR) is 128 cm³/mol. The van der Waals surface area contributed by atoms with Crippen LogP contribution in [-0.4, -0.2) is 17.7 Å². The van der Waals surface area contributed by atoms with E-state index in [-0.39, 0.29) is 0 Å². The van der Waals surface area contributed by atoms with Crippen molar-refractivity contribution in [3.05, 3.63) is 68.7 Å². The summed E-state index contributed by atoms with van der Waals surface area (Å²) in [5, 5.41) is 16.1. The van der Waals surface area contributed by atoms with E-state index in [0.29, 0.717) is 27.2 Å². The smallest absolute Gasteiger partial charge is 0.101 e. The van der Waals surface area contributed by atoms with Crippen molar-refractivity contribution in [3.63, 3.8) is 0 Å². The number of aromatic amines is 1. The minimum atomic E-state index is 0.425. The Bertz CT molecular complexity index is 1330. The van der Waals surface area contributed by atoms with E-state index in [2.05, 4.69) is 33.5 Å². The molecule has 0 fully saturated rings. The molecule has 0 atom stereocenters. The Morgan fingerprint density at radius 3 is 2.57 bits per heavy atom. The van der Waals surface area contributed by atoms with Gasteiger partial charge in [-0.25, -0.2) is 0 Å². The first-order valence-corrected chi connectivity index (χ1v) is 10.5. The molecule has 0 radical (unpaired) electrons. The van der Waals surface area contributed by atoms with Crippen LogP contribution >= 0.6 is 34.8 Å². The molecule has 1 heterocycles. The average molecular weight is 456 g/mol. The summed E-state index contributed by atoms with van der Waals surface area (Å²) < 4.78 is 0. The molecule has 30 heavy (non-hydrogen) atoms. The summed E-state index contributed by atoms with van der Waals surface area (Å²) in [6.07, 6.45) is 2.58. The van der Waals surface area contributed by atoms with Crippen LogP contribution < -0.4 is 5.32 Å². The Kier molecular flexibility index (Phi) is 5.87. The monoisotopic (exact) mass is 454 g/mol. The molecule has 0 aliphatic rings. The van der Waals surface area contributed by atoms with Crippen molar-refractivity contribution in [2.45, 2.75) is 13.3 Å². The number of anilines is 2. The van der Waals surface area contributed by atoms with E-state index >= 15 is 0 Å². The van der Waals surface area contributed by atoms with Gasteiger partial charge < -0.3 is 10.3 Å². The summed E-state index contributed by atoms with van der Waals surface area (Å²) in [7, 11) is 0. The van der Waals surface area contributed by atoms with Crippen LogP contribution in [0.3, 0.4) is 0 Å². The van der Waals surface area contributed by atoms with Crippen molar-refractivity contribution in [1.82, 2.24) is 4.98 Å². The number of aromatic nitrogens is 1. The first-order valence-electron chi connectivity index (χ1n) is 9.34. The number of fused-ring (bicyclic) bond motifs is 3. The van der Waals surface area contributed by atoms with Gasteiger partial charge in [0.2, 0.25) is 0 Å². The molecular formula is C23H17Cl3N4. The number of benzene rings is 3. The maximum atomic E-state index is 9.25. The third kappa shape index (κ3) is 3.97. The van der Waals surface area contributed by atoms with Gasteiger partial charge in [-0.05, 0) is 67.6 Å². The zero-order valence-electron chi connectivity index (χ0n) is 16.1. The number of nitrogens with one attached hydrogen (secondary N) is 2. The molecular weight excluding hydrogens is 439 g/mol. The van der Waals surface area contributed by atoms with Gasteiger partial charge in [0, 0.05) is 39.7 Å². The number of halogens is 3. The molecule has 0 aliphatic heterocycles. The standard InChI is InChI=1S/C23H17Cl3N4/c1-2-28-6-5-13-7-16(29-15-3-4-19(24)14(8-15)12-27)9-18-17-10-20(25)21(26)11-22(17)30-23(13)18/h2-4,7-11,29-30H,5-6H2,1H3/b28-2+. The fourth-order valence-electron chi connectivity index (χ4n) is 3.51. The number of hydrogen-bond acceptors (Lipinski definition) is 3. The lowest BCUT2D eigenvalue weighted by atomic mass is 10.0. The first-order chi connectivity index (χ1) is 14.5. The Balaban J connectivity index is 1.86. The van der Waals surface area contributed by atoms with Gasteiger partial charge in [-0.3, -0.25) is 4.99 Å². The van der Waals surface area contributed by atoms with Crippen LogP contribution in [0.5, 0.6) is 0 Å². The lowest BCUT2D eigenvalue weighted by Gasteiger charge is -2.11. The normalized spacial score (nSPS) is 11.4. The molecule has 4 rings (SSSR count). The Morgan fingerprint density at radius 1 is 1.00 bits per heavy atom.